The van der Waals surface area contributed by atoms with E-state index in [1.54, 1.807) is 0 Å². The number of nitrogens with one attached hydrogen (secondary N) is 1. The fraction of sp³-hybridized carbons (Fsp3) is 0.684. The average molecular weight is 290 g/mol. The molecule has 2 nitrogen and oxygen atoms in total. The molecule has 120 valence electrons. The number of hydrogen-bond acceptors (Lipinski definition) is 2. The maximum atomic E-state index is 3.48. The highest BCUT2D eigenvalue weighted by molar-refractivity contribution is 5.19. The van der Waals surface area contributed by atoms with Gasteiger partial charge >= 0.3 is 0 Å². The number of hydrogen-bond donors (Lipinski definition) is 1. The molecule has 1 aromatic rings. The van der Waals surface area contributed by atoms with Crippen LogP contribution in [0.3, 0.4) is 0 Å². The van der Waals surface area contributed by atoms with Crippen molar-refractivity contribution in [1.82, 2.24) is 10.2 Å². The van der Waals surface area contributed by atoms with Crippen LogP contribution in [-0.2, 0) is 0 Å². The van der Waals surface area contributed by atoms with E-state index in [9.17, 15) is 0 Å². The van der Waals surface area contributed by atoms with Crippen LogP contribution in [0.4, 0.5) is 0 Å². The predicted molar refractivity (Wildman–Crippen MR) is 93.6 cm³/mol. The largest absolute Gasteiger partial charge is 0.312 e. The molecule has 21 heavy (non-hydrogen) atoms. The van der Waals surface area contributed by atoms with E-state index in [0.717, 1.165) is 18.4 Å². The Morgan fingerprint density at radius 1 is 0.905 bits per heavy atom. The smallest absolute Gasteiger partial charge is 0.0446 e. The van der Waals surface area contributed by atoms with E-state index in [1.165, 1.54) is 31.5 Å². The molecule has 1 unspecified atom stereocenters. The molecule has 0 fully saturated rings. The lowest BCUT2D eigenvalue weighted by molar-refractivity contribution is 0.221. The number of likely N-dealkylation sites (N-methyl/N-ethyl adjacent to an activating group) is 1. The first kappa shape index (κ1) is 18.2. The van der Waals surface area contributed by atoms with E-state index in [-0.39, 0.29) is 0 Å². The van der Waals surface area contributed by atoms with Crippen LogP contribution in [0.1, 0.15) is 52.1 Å². The molecule has 1 atom stereocenters. The zero-order valence-corrected chi connectivity index (χ0v) is 14.6. The van der Waals surface area contributed by atoms with E-state index < -0.39 is 0 Å². The van der Waals surface area contributed by atoms with Gasteiger partial charge in [0.05, 0.1) is 0 Å². The molecular weight excluding hydrogens is 256 g/mol. The summed E-state index contributed by atoms with van der Waals surface area (Å²) in [4.78, 5) is 2.63. The van der Waals surface area contributed by atoms with E-state index in [2.05, 4.69) is 75.3 Å². The molecule has 1 rings (SSSR count). The molecule has 0 spiro atoms. The fourth-order valence-corrected chi connectivity index (χ4v) is 2.48. The Morgan fingerprint density at radius 2 is 1.43 bits per heavy atom. The van der Waals surface area contributed by atoms with Crippen LogP contribution in [0.25, 0.3) is 0 Å². The van der Waals surface area contributed by atoms with Crippen LogP contribution < -0.4 is 5.32 Å². The van der Waals surface area contributed by atoms with Gasteiger partial charge in [-0.25, -0.2) is 0 Å². The maximum absolute atomic E-state index is 3.48. The summed E-state index contributed by atoms with van der Waals surface area (Å²) >= 11 is 0. The van der Waals surface area contributed by atoms with Crippen molar-refractivity contribution >= 4 is 0 Å². The SMILES string of the molecule is CNC(CN(CCC(C)C)CCC(C)C)c1ccccc1. The molecule has 1 aromatic carbocycles. The van der Waals surface area contributed by atoms with Gasteiger partial charge in [-0.05, 0) is 50.4 Å². The summed E-state index contributed by atoms with van der Waals surface area (Å²) in [6, 6.07) is 11.2. The average Bonchev–Trinajstić information content (AvgIpc) is 2.47. The van der Waals surface area contributed by atoms with Gasteiger partial charge in [0.1, 0.15) is 0 Å². The second kappa shape index (κ2) is 9.97. The van der Waals surface area contributed by atoms with Crippen LogP contribution in [0, 0.1) is 11.8 Å². The van der Waals surface area contributed by atoms with Gasteiger partial charge in [0.15, 0.2) is 0 Å². The van der Waals surface area contributed by atoms with Gasteiger partial charge in [-0.15, -0.1) is 0 Å². The third-order valence-electron chi connectivity index (χ3n) is 4.04. The number of benzene rings is 1. The molecule has 0 aliphatic rings. The van der Waals surface area contributed by atoms with Crippen molar-refractivity contribution in [3.05, 3.63) is 35.9 Å². The second-order valence-corrected chi connectivity index (χ2v) is 6.92. The van der Waals surface area contributed by atoms with E-state index in [1.807, 2.05) is 0 Å². The Labute approximate surface area is 131 Å². The minimum absolute atomic E-state index is 0.422. The lowest BCUT2D eigenvalue weighted by Gasteiger charge is -2.29. The Morgan fingerprint density at radius 3 is 1.86 bits per heavy atom. The highest BCUT2D eigenvalue weighted by Gasteiger charge is 2.15. The first-order chi connectivity index (χ1) is 10.0. The van der Waals surface area contributed by atoms with Gasteiger partial charge in [0.2, 0.25) is 0 Å². The van der Waals surface area contributed by atoms with Gasteiger partial charge in [-0.2, -0.15) is 0 Å². The summed E-state index contributed by atoms with van der Waals surface area (Å²) in [5, 5.41) is 3.48. The summed E-state index contributed by atoms with van der Waals surface area (Å²) in [6.07, 6.45) is 2.56. The van der Waals surface area contributed by atoms with Gasteiger partial charge in [-0.1, -0.05) is 58.0 Å². The molecule has 1 N–H and O–H groups in total. The van der Waals surface area contributed by atoms with Gasteiger partial charge in [0.25, 0.3) is 0 Å². The number of nitrogens with zero attached hydrogens (tertiary/aromatic N) is 1. The van der Waals surface area contributed by atoms with Crippen LogP contribution in [-0.4, -0.2) is 31.6 Å². The summed E-state index contributed by atoms with van der Waals surface area (Å²) in [5.41, 5.74) is 1.39. The highest BCUT2D eigenvalue weighted by Crippen LogP contribution is 2.15. The number of rotatable bonds is 10. The standard InChI is InChI=1S/C19H34N2/c1-16(2)11-13-21(14-12-17(3)4)15-19(20-5)18-9-7-6-8-10-18/h6-10,16-17,19-20H,11-15H2,1-5H3. The first-order valence-electron chi connectivity index (χ1n) is 8.47. The van der Waals surface area contributed by atoms with Crippen molar-refractivity contribution in [3.8, 4) is 0 Å². The monoisotopic (exact) mass is 290 g/mol. The normalized spacial score (nSPS) is 13.3. The lowest BCUT2D eigenvalue weighted by Crippen LogP contribution is -2.36. The van der Waals surface area contributed by atoms with Crippen molar-refractivity contribution in [2.24, 2.45) is 11.8 Å². The van der Waals surface area contributed by atoms with E-state index >= 15 is 0 Å². The van der Waals surface area contributed by atoms with Gasteiger partial charge < -0.3 is 10.2 Å². The first-order valence-corrected chi connectivity index (χ1v) is 8.47. The molecule has 0 radical (unpaired) electrons. The molecule has 0 aromatic heterocycles. The second-order valence-electron chi connectivity index (χ2n) is 6.92. The van der Waals surface area contributed by atoms with Crippen LogP contribution >= 0.6 is 0 Å². The minimum atomic E-state index is 0.422. The van der Waals surface area contributed by atoms with Crippen LogP contribution in [0.2, 0.25) is 0 Å². The van der Waals surface area contributed by atoms with Crippen molar-refractivity contribution in [3.63, 3.8) is 0 Å². The molecule has 0 saturated carbocycles. The molecule has 0 aliphatic carbocycles. The molecule has 0 bridgehead atoms. The van der Waals surface area contributed by atoms with Crippen LogP contribution in [0.5, 0.6) is 0 Å². The Bertz CT molecular complexity index is 347. The van der Waals surface area contributed by atoms with Gasteiger partial charge in [0, 0.05) is 12.6 Å². The third-order valence-corrected chi connectivity index (χ3v) is 4.04. The molecule has 0 saturated heterocycles. The maximum Gasteiger partial charge on any atom is 0.0446 e. The molecule has 0 aliphatic heterocycles. The Balaban J connectivity index is 2.63. The highest BCUT2D eigenvalue weighted by atomic mass is 15.1. The van der Waals surface area contributed by atoms with E-state index in [0.29, 0.717) is 6.04 Å². The summed E-state index contributed by atoms with van der Waals surface area (Å²) in [7, 11) is 2.07. The lowest BCUT2D eigenvalue weighted by atomic mass is 10.0. The third kappa shape index (κ3) is 7.63. The van der Waals surface area contributed by atoms with Crippen molar-refractivity contribution in [2.75, 3.05) is 26.7 Å². The zero-order valence-electron chi connectivity index (χ0n) is 14.6. The molecule has 2 heteroatoms. The molecule has 0 heterocycles. The minimum Gasteiger partial charge on any atom is -0.312 e. The summed E-state index contributed by atoms with van der Waals surface area (Å²) < 4.78 is 0. The zero-order chi connectivity index (χ0) is 15.7. The van der Waals surface area contributed by atoms with Crippen molar-refractivity contribution in [2.45, 2.75) is 46.6 Å². The van der Waals surface area contributed by atoms with Crippen molar-refractivity contribution < 1.29 is 0 Å². The molecule has 0 amide bonds. The fourth-order valence-electron chi connectivity index (χ4n) is 2.48. The summed E-state index contributed by atoms with van der Waals surface area (Å²) in [6.45, 7) is 12.8. The van der Waals surface area contributed by atoms with Crippen LogP contribution in [0.15, 0.2) is 30.3 Å². The Hall–Kier alpha value is -0.860. The predicted octanol–water partition coefficient (Wildman–Crippen LogP) is 4.34. The molecular formula is C19H34N2. The van der Waals surface area contributed by atoms with E-state index in [4.69, 9.17) is 0 Å². The quantitative estimate of drug-likeness (QED) is 0.689. The van der Waals surface area contributed by atoms with Gasteiger partial charge in [-0.3, -0.25) is 0 Å². The topological polar surface area (TPSA) is 15.3 Å². The van der Waals surface area contributed by atoms with Crippen molar-refractivity contribution in [1.29, 1.82) is 0 Å². The Kier molecular flexibility index (Phi) is 8.63. The summed E-state index contributed by atoms with van der Waals surface area (Å²) in [5.74, 6) is 1.55.